The van der Waals surface area contributed by atoms with E-state index < -0.39 is 5.56 Å². The molecule has 0 aromatic carbocycles. The summed E-state index contributed by atoms with van der Waals surface area (Å²) in [4.78, 5) is 32.4. The highest BCUT2D eigenvalue weighted by Crippen LogP contribution is 2.24. The van der Waals surface area contributed by atoms with Gasteiger partial charge in [-0.1, -0.05) is 31.0 Å². The van der Waals surface area contributed by atoms with Crippen LogP contribution in [0.3, 0.4) is 0 Å². The fourth-order valence-corrected chi connectivity index (χ4v) is 3.54. The van der Waals surface area contributed by atoms with Crippen molar-refractivity contribution in [3.8, 4) is 0 Å². The molecule has 0 spiro atoms. The summed E-state index contributed by atoms with van der Waals surface area (Å²) in [5.41, 5.74) is 10.5. The van der Waals surface area contributed by atoms with Crippen LogP contribution in [0, 0.1) is 0 Å². The van der Waals surface area contributed by atoms with Crippen LogP contribution in [0.1, 0.15) is 39.0 Å². The van der Waals surface area contributed by atoms with Gasteiger partial charge in [0.25, 0.3) is 5.56 Å². The Morgan fingerprint density at radius 1 is 1.36 bits per heavy atom. The molecule has 122 valence electrons. The van der Waals surface area contributed by atoms with Crippen LogP contribution in [0.4, 0.5) is 11.5 Å². The summed E-state index contributed by atoms with van der Waals surface area (Å²) in [6, 6.07) is 0.343. The van der Waals surface area contributed by atoms with Gasteiger partial charge < -0.3 is 16.4 Å². The molecule has 1 saturated carbocycles. The number of thioether (sulfide) groups is 1. The van der Waals surface area contributed by atoms with Gasteiger partial charge in [0, 0.05) is 12.6 Å². The van der Waals surface area contributed by atoms with Crippen LogP contribution >= 0.6 is 11.8 Å². The summed E-state index contributed by atoms with van der Waals surface area (Å²) in [6.45, 7) is 2.70. The van der Waals surface area contributed by atoms with E-state index in [2.05, 4.69) is 9.97 Å². The highest BCUT2D eigenvalue weighted by Gasteiger charge is 2.24. The predicted molar refractivity (Wildman–Crippen MR) is 88.7 cm³/mol. The number of rotatable bonds is 5. The van der Waals surface area contributed by atoms with Crippen LogP contribution in [0.25, 0.3) is 0 Å². The third-order valence-electron chi connectivity index (χ3n) is 3.97. The number of aromatic amines is 1. The monoisotopic (exact) mass is 325 g/mol. The molecule has 0 unspecified atom stereocenters. The number of nitrogens with zero attached hydrogens (tertiary/aromatic N) is 2. The van der Waals surface area contributed by atoms with Crippen LogP contribution < -0.4 is 17.0 Å². The second-order valence-corrected chi connectivity index (χ2v) is 6.39. The van der Waals surface area contributed by atoms with Crippen LogP contribution in [-0.2, 0) is 4.79 Å². The Labute approximate surface area is 133 Å². The minimum Gasteiger partial charge on any atom is -0.391 e. The number of nitrogens with one attached hydrogen (secondary N) is 1. The molecule has 0 atom stereocenters. The van der Waals surface area contributed by atoms with Gasteiger partial charge in [0.2, 0.25) is 5.91 Å². The topological polar surface area (TPSA) is 118 Å². The summed E-state index contributed by atoms with van der Waals surface area (Å²) in [7, 11) is 0. The van der Waals surface area contributed by atoms with E-state index in [1.165, 1.54) is 31.0 Å². The highest BCUT2D eigenvalue weighted by molar-refractivity contribution is 7.99. The second kappa shape index (κ2) is 7.53. The van der Waals surface area contributed by atoms with Gasteiger partial charge >= 0.3 is 0 Å². The molecule has 1 amide bonds. The summed E-state index contributed by atoms with van der Waals surface area (Å²) < 4.78 is 0. The Kier molecular flexibility index (Phi) is 5.70. The fourth-order valence-electron chi connectivity index (χ4n) is 2.79. The fraction of sp³-hybridized carbons (Fsp3) is 0.643. The van der Waals surface area contributed by atoms with Gasteiger partial charge in [0.05, 0.1) is 5.75 Å². The van der Waals surface area contributed by atoms with Gasteiger partial charge in [0.1, 0.15) is 5.69 Å². The van der Waals surface area contributed by atoms with Gasteiger partial charge in [0.15, 0.2) is 11.0 Å². The van der Waals surface area contributed by atoms with Crippen LogP contribution in [0.5, 0.6) is 0 Å². The molecule has 0 radical (unpaired) electrons. The molecule has 0 bridgehead atoms. The minimum atomic E-state index is -0.470. The van der Waals surface area contributed by atoms with Crippen LogP contribution in [0.2, 0.25) is 0 Å². The van der Waals surface area contributed by atoms with Crippen molar-refractivity contribution in [2.24, 2.45) is 0 Å². The number of nitrogen functional groups attached to an aromatic ring is 2. The number of H-pyrrole nitrogens is 1. The van der Waals surface area contributed by atoms with Crippen LogP contribution in [-0.4, -0.2) is 39.1 Å². The molecule has 0 aliphatic heterocycles. The lowest BCUT2D eigenvalue weighted by Gasteiger charge is -2.33. The molecule has 8 heteroatoms. The van der Waals surface area contributed by atoms with Crippen molar-refractivity contribution >= 4 is 29.2 Å². The number of amides is 1. The average Bonchev–Trinajstić information content (AvgIpc) is 2.52. The first-order chi connectivity index (χ1) is 10.5. The van der Waals surface area contributed by atoms with E-state index in [0.29, 0.717) is 17.7 Å². The Balaban J connectivity index is 1.97. The Morgan fingerprint density at radius 2 is 2.05 bits per heavy atom. The lowest BCUT2D eigenvalue weighted by Crippen LogP contribution is -2.42. The summed E-state index contributed by atoms with van der Waals surface area (Å²) in [5, 5.41) is 0.324. The molecular weight excluding hydrogens is 302 g/mol. The van der Waals surface area contributed by atoms with Gasteiger partial charge in [-0.3, -0.25) is 14.6 Å². The van der Waals surface area contributed by atoms with Crippen molar-refractivity contribution in [2.45, 2.75) is 50.2 Å². The summed E-state index contributed by atoms with van der Waals surface area (Å²) in [5.74, 6) is 0.298. The SMILES string of the molecule is CCN(C(=O)CSc1nc(N)c(N)c(=O)[nH]1)C1CCCCC1. The number of aromatic nitrogens is 2. The minimum absolute atomic E-state index is 0.00155. The lowest BCUT2D eigenvalue weighted by atomic mass is 9.94. The largest absolute Gasteiger partial charge is 0.391 e. The molecule has 1 aliphatic carbocycles. The second-order valence-electron chi connectivity index (χ2n) is 5.43. The van der Waals surface area contributed by atoms with E-state index >= 15 is 0 Å². The van der Waals surface area contributed by atoms with E-state index in [9.17, 15) is 9.59 Å². The number of hydrogen-bond acceptors (Lipinski definition) is 6. The van der Waals surface area contributed by atoms with Crippen molar-refractivity contribution in [2.75, 3.05) is 23.8 Å². The molecule has 22 heavy (non-hydrogen) atoms. The van der Waals surface area contributed by atoms with E-state index in [0.717, 1.165) is 12.8 Å². The molecule has 0 saturated heterocycles. The smallest absolute Gasteiger partial charge is 0.276 e. The molecule has 1 heterocycles. The number of carbonyl (C=O) groups is 1. The first kappa shape index (κ1) is 16.7. The van der Waals surface area contributed by atoms with Crippen molar-refractivity contribution < 1.29 is 4.79 Å². The average molecular weight is 325 g/mol. The van der Waals surface area contributed by atoms with E-state index in [1.807, 2.05) is 11.8 Å². The maximum Gasteiger partial charge on any atom is 0.276 e. The molecule has 1 aromatic heterocycles. The van der Waals surface area contributed by atoms with Gasteiger partial charge in [-0.2, -0.15) is 0 Å². The first-order valence-corrected chi connectivity index (χ1v) is 8.59. The van der Waals surface area contributed by atoms with Gasteiger partial charge in [-0.05, 0) is 19.8 Å². The quantitative estimate of drug-likeness (QED) is 0.553. The lowest BCUT2D eigenvalue weighted by molar-refractivity contribution is -0.131. The third kappa shape index (κ3) is 3.94. The molecule has 2 rings (SSSR count). The van der Waals surface area contributed by atoms with Crippen molar-refractivity contribution in [1.82, 2.24) is 14.9 Å². The Bertz CT molecular complexity index is 583. The Hall–Kier alpha value is -1.70. The molecular formula is C14H23N5O2S. The Morgan fingerprint density at radius 3 is 2.64 bits per heavy atom. The van der Waals surface area contributed by atoms with Crippen molar-refractivity contribution in [3.63, 3.8) is 0 Å². The van der Waals surface area contributed by atoms with Crippen molar-refractivity contribution in [1.29, 1.82) is 0 Å². The molecule has 1 aliphatic rings. The third-order valence-corrected chi connectivity index (χ3v) is 4.83. The zero-order valence-electron chi connectivity index (χ0n) is 12.8. The van der Waals surface area contributed by atoms with Gasteiger partial charge in [-0.15, -0.1) is 0 Å². The highest BCUT2D eigenvalue weighted by atomic mass is 32.2. The number of anilines is 2. The number of nitrogens with two attached hydrogens (primary N) is 2. The van der Waals surface area contributed by atoms with E-state index in [4.69, 9.17) is 11.5 Å². The normalized spacial score (nSPS) is 15.7. The molecule has 5 N–H and O–H groups in total. The molecule has 7 nitrogen and oxygen atoms in total. The molecule has 1 fully saturated rings. The zero-order valence-corrected chi connectivity index (χ0v) is 13.6. The maximum atomic E-state index is 12.4. The van der Waals surface area contributed by atoms with Crippen LogP contribution in [0.15, 0.2) is 9.95 Å². The number of carbonyl (C=O) groups excluding carboxylic acids is 1. The summed E-state index contributed by atoms with van der Waals surface area (Å²) in [6.07, 6.45) is 5.78. The number of hydrogen-bond donors (Lipinski definition) is 3. The maximum absolute atomic E-state index is 12.4. The standard InChI is InChI=1S/C14H23N5O2S/c1-2-19(9-6-4-3-5-7-9)10(20)8-22-14-17-12(16)11(15)13(21)18-14/h9H,2-8,15H2,1H3,(H3,16,17,18,21). The van der Waals surface area contributed by atoms with Crippen molar-refractivity contribution in [3.05, 3.63) is 10.4 Å². The first-order valence-electron chi connectivity index (χ1n) is 7.60. The summed E-state index contributed by atoms with van der Waals surface area (Å²) >= 11 is 1.18. The molecule has 1 aromatic rings. The van der Waals surface area contributed by atoms with E-state index in [-0.39, 0.29) is 23.2 Å². The van der Waals surface area contributed by atoms with Gasteiger partial charge in [-0.25, -0.2) is 4.98 Å². The zero-order chi connectivity index (χ0) is 16.1. The predicted octanol–water partition coefficient (Wildman–Crippen LogP) is 1.21. The van der Waals surface area contributed by atoms with E-state index in [1.54, 1.807) is 0 Å².